The van der Waals surface area contributed by atoms with Gasteiger partial charge in [0.1, 0.15) is 5.69 Å². The lowest BCUT2D eigenvalue weighted by Gasteiger charge is -2.03. The number of pyridine rings is 1. The molecule has 1 amide bonds. The van der Waals surface area contributed by atoms with Crippen molar-refractivity contribution in [2.24, 2.45) is 0 Å². The second-order valence-electron chi connectivity index (χ2n) is 2.70. The van der Waals surface area contributed by atoms with Gasteiger partial charge in [-0.3, -0.25) is 4.79 Å². The molecule has 1 aromatic rings. The Hall–Kier alpha value is -1.38. The number of aryl methyl sites for hydroxylation is 2. The van der Waals surface area contributed by atoms with Gasteiger partial charge in [-0.15, -0.1) is 0 Å². The van der Waals surface area contributed by atoms with Crippen LogP contribution in [0.1, 0.15) is 35.6 Å². The van der Waals surface area contributed by atoms with Gasteiger partial charge in [-0.25, -0.2) is 4.98 Å². The lowest BCUT2D eigenvalue weighted by molar-refractivity contribution is 0.0957. The summed E-state index contributed by atoms with van der Waals surface area (Å²) >= 11 is 0. The Morgan fingerprint density at radius 1 is 1.29 bits per heavy atom. The van der Waals surface area contributed by atoms with E-state index in [1.54, 1.807) is 7.05 Å². The fourth-order valence-electron chi connectivity index (χ4n) is 0.975. The molecule has 0 saturated heterocycles. The Morgan fingerprint density at radius 3 is 2.36 bits per heavy atom. The third-order valence-electron chi connectivity index (χ3n) is 1.68. The van der Waals surface area contributed by atoms with E-state index in [0.29, 0.717) is 5.69 Å². The molecule has 1 N–H and O–H groups in total. The SMILES string of the molecule is CC.CNC(=O)c1nc(C)ccc1C. The first-order chi connectivity index (χ1) is 6.65. The molecule has 0 aromatic carbocycles. The number of carbonyl (C=O) groups is 1. The highest BCUT2D eigenvalue weighted by molar-refractivity contribution is 5.93. The minimum atomic E-state index is -0.129. The first-order valence-corrected chi connectivity index (χ1v) is 4.81. The van der Waals surface area contributed by atoms with Gasteiger partial charge in [0, 0.05) is 12.7 Å². The molecule has 1 aromatic heterocycles. The van der Waals surface area contributed by atoms with Crippen LogP contribution in [-0.4, -0.2) is 17.9 Å². The van der Waals surface area contributed by atoms with Gasteiger partial charge in [0.25, 0.3) is 5.91 Å². The van der Waals surface area contributed by atoms with Crippen molar-refractivity contribution in [3.63, 3.8) is 0 Å². The van der Waals surface area contributed by atoms with Crippen molar-refractivity contribution < 1.29 is 4.79 Å². The highest BCUT2D eigenvalue weighted by Gasteiger charge is 2.07. The van der Waals surface area contributed by atoms with Crippen LogP contribution in [0.3, 0.4) is 0 Å². The van der Waals surface area contributed by atoms with Crippen LogP contribution in [0.2, 0.25) is 0 Å². The van der Waals surface area contributed by atoms with Gasteiger partial charge in [-0.1, -0.05) is 19.9 Å². The Balaban J connectivity index is 0.000000791. The molecular formula is C11H18N2O. The Kier molecular flexibility index (Phi) is 5.53. The van der Waals surface area contributed by atoms with Crippen LogP contribution < -0.4 is 5.32 Å². The summed E-state index contributed by atoms with van der Waals surface area (Å²) in [5, 5.41) is 2.55. The first kappa shape index (κ1) is 12.6. The topological polar surface area (TPSA) is 42.0 Å². The van der Waals surface area contributed by atoms with Gasteiger partial charge in [0.05, 0.1) is 0 Å². The molecule has 0 radical (unpaired) electrons. The van der Waals surface area contributed by atoms with Crippen LogP contribution in [0, 0.1) is 13.8 Å². The van der Waals surface area contributed by atoms with Crippen LogP contribution >= 0.6 is 0 Å². The molecule has 3 heteroatoms. The largest absolute Gasteiger partial charge is 0.354 e. The fraction of sp³-hybridized carbons (Fsp3) is 0.455. The number of carbonyl (C=O) groups excluding carboxylic acids is 1. The second kappa shape index (κ2) is 6.13. The monoisotopic (exact) mass is 194 g/mol. The molecule has 78 valence electrons. The number of hydrogen-bond acceptors (Lipinski definition) is 2. The van der Waals surface area contributed by atoms with Crippen LogP contribution in [0.25, 0.3) is 0 Å². The zero-order chi connectivity index (χ0) is 11.1. The van der Waals surface area contributed by atoms with Crippen LogP contribution in [0.5, 0.6) is 0 Å². The molecule has 1 heterocycles. The summed E-state index contributed by atoms with van der Waals surface area (Å²) in [7, 11) is 1.60. The predicted molar refractivity (Wildman–Crippen MR) is 58.4 cm³/mol. The number of aromatic nitrogens is 1. The molecule has 0 aliphatic carbocycles. The van der Waals surface area contributed by atoms with Gasteiger partial charge in [-0.2, -0.15) is 0 Å². The third kappa shape index (κ3) is 3.17. The van der Waals surface area contributed by atoms with Crippen molar-refractivity contribution in [2.45, 2.75) is 27.7 Å². The normalized spacial score (nSPS) is 8.64. The summed E-state index contributed by atoms with van der Waals surface area (Å²) in [6.45, 7) is 7.74. The zero-order valence-corrected chi connectivity index (χ0v) is 9.51. The second-order valence-corrected chi connectivity index (χ2v) is 2.70. The molecule has 0 aliphatic rings. The predicted octanol–water partition coefficient (Wildman–Crippen LogP) is 2.08. The van der Waals surface area contributed by atoms with Crippen molar-refractivity contribution in [1.29, 1.82) is 0 Å². The Labute approximate surface area is 85.6 Å². The van der Waals surface area contributed by atoms with Crippen LogP contribution in [0.15, 0.2) is 12.1 Å². The zero-order valence-electron chi connectivity index (χ0n) is 9.51. The van der Waals surface area contributed by atoms with E-state index >= 15 is 0 Å². The summed E-state index contributed by atoms with van der Waals surface area (Å²) in [6.07, 6.45) is 0. The number of nitrogens with zero attached hydrogens (tertiary/aromatic N) is 1. The molecule has 0 fully saturated rings. The molecule has 0 aliphatic heterocycles. The van der Waals surface area contributed by atoms with Gasteiger partial charge in [-0.05, 0) is 25.5 Å². The van der Waals surface area contributed by atoms with E-state index in [2.05, 4.69) is 10.3 Å². The maximum absolute atomic E-state index is 11.2. The lowest BCUT2D eigenvalue weighted by Crippen LogP contribution is -2.20. The number of rotatable bonds is 1. The highest BCUT2D eigenvalue weighted by Crippen LogP contribution is 2.05. The molecule has 14 heavy (non-hydrogen) atoms. The van der Waals surface area contributed by atoms with E-state index in [0.717, 1.165) is 11.3 Å². The summed E-state index contributed by atoms with van der Waals surface area (Å²) < 4.78 is 0. The van der Waals surface area contributed by atoms with Crippen molar-refractivity contribution in [3.8, 4) is 0 Å². The molecule has 0 atom stereocenters. The molecule has 0 spiro atoms. The summed E-state index contributed by atoms with van der Waals surface area (Å²) in [5.74, 6) is -0.129. The molecule has 3 nitrogen and oxygen atoms in total. The van der Waals surface area contributed by atoms with Crippen molar-refractivity contribution >= 4 is 5.91 Å². The first-order valence-electron chi connectivity index (χ1n) is 4.81. The lowest BCUT2D eigenvalue weighted by atomic mass is 10.2. The maximum atomic E-state index is 11.2. The number of hydrogen-bond donors (Lipinski definition) is 1. The average molecular weight is 194 g/mol. The number of amides is 1. The molecule has 0 bridgehead atoms. The third-order valence-corrected chi connectivity index (χ3v) is 1.68. The van der Waals surface area contributed by atoms with E-state index in [-0.39, 0.29) is 5.91 Å². The van der Waals surface area contributed by atoms with Crippen molar-refractivity contribution in [2.75, 3.05) is 7.05 Å². The standard InChI is InChI=1S/C9H12N2O.C2H6/c1-6-4-5-7(2)11-8(6)9(12)10-3;1-2/h4-5H,1-3H3,(H,10,12);1-2H3. The molecule has 0 unspecified atom stereocenters. The van der Waals surface area contributed by atoms with E-state index in [9.17, 15) is 4.79 Å². The van der Waals surface area contributed by atoms with Gasteiger partial charge < -0.3 is 5.32 Å². The van der Waals surface area contributed by atoms with E-state index < -0.39 is 0 Å². The highest BCUT2D eigenvalue weighted by atomic mass is 16.1. The fourth-order valence-corrected chi connectivity index (χ4v) is 0.975. The summed E-state index contributed by atoms with van der Waals surface area (Å²) in [6, 6.07) is 3.79. The minimum absolute atomic E-state index is 0.129. The van der Waals surface area contributed by atoms with E-state index in [1.807, 2.05) is 39.8 Å². The Morgan fingerprint density at radius 2 is 1.86 bits per heavy atom. The molecule has 0 saturated carbocycles. The molecule has 1 rings (SSSR count). The number of nitrogens with one attached hydrogen (secondary N) is 1. The van der Waals surface area contributed by atoms with Crippen molar-refractivity contribution in [1.82, 2.24) is 10.3 Å². The van der Waals surface area contributed by atoms with Crippen molar-refractivity contribution in [3.05, 3.63) is 29.1 Å². The molecular weight excluding hydrogens is 176 g/mol. The summed E-state index contributed by atoms with van der Waals surface area (Å²) in [4.78, 5) is 15.3. The smallest absolute Gasteiger partial charge is 0.269 e. The maximum Gasteiger partial charge on any atom is 0.269 e. The van der Waals surface area contributed by atoms with Gasteiger partial charge in [0.15, 0.2) is 0 Å². The average Bonchev–Trinajstić information content (AvgIpc) is 2.23. The van der Waals surface area contributed by atoms with Crippen LogP contribution in [-0.2, 0) is 0 Å². The van der Waals surface area contributed by atoms with Gasteiger partial charge >= 0.3 is 0 Å². The van der Waals surface area contributed by atoms with E-state index in [4.69, 9.17) is 0 Å². The van der Waals surface area contributed by atoms with E-state index in [1.165, 1.54) is 0 Å². The quantitative estimate of drug-likeness (QED) is 0.743. The minimum Gasteiger partial charge on any atom is -0.354 e. The van der Waals surface area contributed by atoms with Crippen LogP contribution in [0.4, 0.5) is 0 Å². The Bertz CT molecular complexity index is 308. The summed E-state index contributed by atoms with van der Waals surface area (Å²) in [5.41, 5.74) is 2.27. The van der Waals surface area contributed by atoms with Gasteiger partial charge in [0.2, 0.25) is 0 Å².